The third-order valence-electron chi connectivity index (χ3n) is 4.10. The molecule has 0 radical (unpaired) electrons. The summed E-state index contributed by atoms with van der Waals surface area (Å²) in [4.78, 5) is 28.2. The molecule has 0 atom stereocenters. The minimum atomic E-state index is -0.371. The van der Waals surface area contributed by atoms with Crippen molar-refractivity contribution in [3.05, 3.63) is 70.5 Å². The van der Waals surface area contributed by atoms with Crippen LogP contribution in [0.5, 0.6) is 0 Å². The lowest BCUT2D eigenvalue weighted by atomic mass is 10.1. The van der Waals surface area contributed by atoms with Gasteiger partial charge in [0, 0.05) is 25.5 Å². The Balaban J connectivity index is 1.50. The maximum Gasteiger partial charge on any atom is 0.349 e. The fourth-order valence-electron chi connectivity index (χ4n) is 2.77. The molecule has 1 amide bonds. The fraction of sp³-hybridized carbons (Fsp3) is 0.316. The van der Waals surface area contributed by atoms with Crippen molar-refractivity contribution in [1.82, 2.24) is 24.5 Å². The smallest absolute Gasteiger partial charge is 0.310 e. The molecule has 0 unspecified atom stereocenters. The van der Waals surface area contributed by atoms with E-state index in [1.165, 1.54) is 4.57 Å². The Morgan fingerprint density at radius 1 is 1.15 bits per heavy atom. The third-order valence-corrected chi connectivity index (χ3v) is 4.10. The highest BCUT2D eigenvalue weighted by Crippen LogP contribution is 2.07. The van der Waals surface area contributed by atoms with Gasteiger partial charge in [0.15, 0.2) is 0 Å². The van der Waals surface area contributed by atoms with Crippen molar-refractivity contribution in [1.29, 1.82) is 0 Å². The Morgan fingerprint density at radius 3 is 2.74 bits per heavy atom. The van der Waals surface area contributed by atoms with Gasteiger partial charge in [0.2, 0.25) is 5.91 Å². The van der Waals surface area contributed by atoms with E-state index in [1.54, 1.807) is 23.1 Å². The van der Waals surface area contributed by atoms with E-state index in [4.69, 9.17) is 0 Å². The summed E-state index contributed by atoms with van der Waals surface area (Å²) < 4.78 is 3.30. The van der Waals surface area contributed by atoms with E-state index in [2.05, 4.69) is 20.6 Å². The summed E-state index contributed by atoms with van der Waals surface area (Å²) in [5, 5.41) is 10.3. The van der Waals surface area contributed by atoms with Crippen LogP contribution in [0.25, 0.3) is 0 Å². The van der Waals surface area contributed by atoms with Crippen LogP contribution in [0.2, 0.25) is 0 Å². The van der Waals surface area contributed by atoms with Crippen LogP contribution >= 0.6 is 0 Å². The van der Waals surface area contributed by atoms with Gasteiger partial charge in [-0.25, -0.2) is 4.79 Å². The first-order chi connectivity index (χ1) is 13.1. The van der Waals surface area contributed by atoms with Crippen LogP contribution in [0.1, 0.15) is 24.0 Å². The van der Waals surface area contributed by atoms with Crippen molar-refractivity contribution in [3.8, 4) is 0 Å². The molecule has 2 heterocycles. The second-order valence-electron chi connectivity index (χ2n) is 6.38. The molecule has 3 aromatic rings. The lowest BCUT2D eigenvalue weighted by Crippen LogP contribution is -2.25. The molecule has 1 aromatic carbocycles. The van der Waals surface area contributed by atoms with Crippen LogP contribution in [-0.2, 0) is 24.3 Å². The average molecular weight is 366 g/mol. The molecule has 0 fully saturated rings. The Labute approximate surface area is 156 Å². The molecule has 1 N–H and O–H groups in total. The molecule has 0 saturated carbocycles. The number of nitrogens with zero attached hydrogens (tertiary/aromatic N) is 5. The minimum absolute atomic E-state index is 0.196. The van der Waals surface area contributed by atoms with Crippen molar-refractivity contribution in [2.24, 2.45) is 0 Å². The molecular weight excluding hydrogens is 344 g/mol. The van der Waals surface area contributed by atoms with Crippen LogP contribution in [0.3, 0.4) is 0 Å². The number of anilines is 1. The summed E-state index contributed by atoms with van der Waals surface area (Å²) >= 11 is 0. The average Bonchev–Trinajstić information content (AvgIpc) is 3.13. The van der Waals surface area contributed by atoms with Crippen LogP contribution in [0.15, 0.2) is 53.7 Å². The van der Waals surface area contributed by atoms with E-state index in [0.717, 1.165) is 30.5 Å². The molecule has 2 aromatic heterocycles. The van der Waals surface area contributed by atoms with Gasteiger partial charge in [0.05, 0.1) is 12.6 Å². The molecule has 0 aliphatic carbocycles. The Bertz CT molecular complexity index is 949. The highest BCUT2D eigenvalue weighted by atomic mass is 16.2. The Hall–Kier alpha value is -3.29. The monoisotopic (exact) mass is 366 g/mol. The highest BCUT2D eigenvalue weighted by molar-refractivity contribution is 5.91. The zero-order valence-electron chi connectivity index (χ0n) is 15.2. The topological polar surface area (TPSA) is 94.7 Å². The van der Waals surface area contributed by atoms with Crippen molar-refractivity contribution in [2.45, 2.75) is 39.3 Å². The summed E-state index contributed by atoms with van der Waals surface area (Å²) in [6.07, 6.45) is 7.05. The van der Waals surface area contributed by atoms with Gasteiger partial charge in [-0.05, 0) is 31.4 Å². The first-order valence-corrected chi connectivity index (χ1v) is 8.87. The number of hydrogen-bond donors (Lipinski definition) is 1. The lowest BCUT2D eigenvalue weighted by Gasteiger charge is -2.08. The van der Waals surface area contributed by atoms with Gasteiger partial charge < -0.3 is 5.32 Å². The van der Waals surface area contributed by atoms with E-state index >= 15 is 0 Å². The second kappa shape index (κ2) is 8.88. The SMILES string of the molecule is Cc1cccc(CC(=O)Nc2ccn(CCCCn3ccnn3)c(=O)n2)c1. The Morgan fingerprint density at radius 2 is 2.00 bits per heavy atom. The van der Waals surface area contributed by atoms with Gasteiger partial charge in [0.25, 0.3) is 0 Å². The maximum atomic E-state index is 12.1. The van der Waals surface area contributed by atoms with Crippen LogP contribution < -0.4 is 11.0 Å². The van der Waals surface area contributed by atoms with Crippen molar-refractivity contribution < 1.29 is 4.79 Å². The van der Waals surface area contributed by atoms with Gasteiger partial charge in [-0.15, -0.1) is 5.10 Å². The number of carbonyl (C=O) groups is 1. The van der Waals surface area contributed by atoms with Crippen molar-refractivity contribution >= 4 is 11.7 Å². The zero-order valence-corrected chi connectivity index (χ0v) is 15.2. The molecule has 0 saturated heterocycles. The second-order valence-corrected chi connectivity index (χ2v) is 6.38. The number of rotatable bonds is 8. The van der Waals surface area contributed by atoms with E-state index < -0.39 is 0 Å². The number of hydrogen-bond acceptors (Lipinski definition) is 5. The summed E-state index contributed by atoms with van der Waals surface area (Å²) in [5.74, 6) is 0.0783. The van der Waals surface area contributed by atoms with Gasteiger partial charge >= 0.3 is 5.69 Å². The third kappa shape index (κ3) is 5.60. The molecule has 3 rings (SSSR count). The highest BCUT2D eigenvalue weighted by Gasteiger charge is 2.07. The first-order valence-electron chi connectivity index (χ1n) is 8.87. The summed E-state index contributed by atoms with van der Waals surface area (Å²) in [7, 11) is 0. The number of carbonyl (C=O) groups excluding carboxylic acids is 1. The summed E-state index contributed by atoms with van der Waals surface area (Å²) in [5.41, 5.74) is 1.65. The first kappa shape index (κ1) is 18.5. The number of amides is 1. The van der Waals surface area contributed by atoms with Crippen molar-refractivity contribution in [2.75, 3.05) is 5.32 Å². The summed E-state index contributed by atoms with van der Waals surface area (Å²) in [6, 6.07) is 9.41. The van der Waals surface area contributed by atoms with E-state index in [-0.39, 0.29) is 23.8 Å². The molecule has 27 heavy (non-hydrogen) atoms. The van der Waals surface area contributed by atoms with E-state index in [1.807, 2.05) is 37.4 Å². The molecule has 0 spiro atoms. The number of aryl methyl sites for hydroxylation is 3. The van der Waals surface area contributed by atoms with Crippen molar-refractivity contribution in [3.63, 3.8) is 0 Å². The molecule has 0 aliphatic heterocycles. The molecule has 8 heteroatoms. The number of aromatic nitrogens is 5. The van der Waals surface area contributed by atoms with Crippen LogP contribution in [-0.4, -0.2) is 30.5 Å². The Kier molecular flexibility index (Phi) is 6.09. The predicted molar refractivity (Wildman–Crippen MR) is 101 cm³/mol. The van der Waals surface area contributed by atoms with Crippen LogP contribution in [0, 0.1) is 6.92 Å². The number of nitrogens with one attached hydrogen (secondary N) is 1. The molecule has 140 valence electrons. The maximum absolute atomic E-state index is 12.1. The number of unbranched alkanes of at least 4 members (excludes halogenated alkanes) is 1. The normalized spacial score (nSPS) is 10.7. The van der Waals surface area contributed by atoms with Gasteiger partial charge in [0.1, 0.15) is 5.82 Å². The predicted octanol–water partition coefficient (Wildman–Crippen LogP) is 1.80. The standard InChI is InChI=1S/C19H22N6O2/c1-15-5-4-6-16(13-15)14-18(26)21-17-7-11-24(19(27)22-17)9-2-3-10-25-12-8-20-23-25/h4-8,11-13H,2-3,9-10,14H2,1H3,(H,21,22,26,27). The fourth-order valence-corrected chi connectivity index (χ4v) is 2.77. The minimum Gasteiger partial charge on any atom is -0.310 e. The zero-order chi connectivity index (χ0) is 19.1. The summed E-state index contributed by atoms with van der Waals surface area (Å²) in [6.45, 7) is 3.31. The quantitative estimate of drug-likeness (QED) is 0.614. The van der Waals surface area contributed by atoms with Crippen LogP contribution in [0.4, 0.5) is 5.82 Å². The number of benzene rings is 1. The molecular formula is C19H22N6O2. The van der Waals surface area contributed by atoms with E-state index in [0.29, 0.717) is 6.54 Å². The van der Waals surface area contributed by atoms with Gasteiger partial charge in [-0.2, -0.15) is 4.98 Å². The molecule has 0 bridgehead atoms. The van der Waals surface area contributed by atoms with Gasteiger partial charge in [-0.1, -0.05) is 35.0 Å². The van der Waals surface area contributed by atoms with Gasteiger partial charge in [-0.3, -0.25) is 14.0 Å². The largest absolute Gasteiger partial charge is 0.349 e. The molecule has 0 aliphatic rings. The lowest BCUT2D eigenvalue weighted by molar-refractivity contribution is -0.115. The molecule has 8 nitrogen and oxygen atoms in total. The van der Waals surface area contributed by atoms with E-state index in [9.17, 15) is 9.59 Å².